The van der Waals surface area contributed by atoms with Crippen molar-refractivity contribution in [2.24, 2.45) is 11.7 Å². The molecule has 0 saturated carbocycles. The van der Waals surface area contributed by atoms with Gasteiger partial charge >= 0.3 is 0 Å². The molecule has 0 bridgehead atoms. The maximum Gasteiger partial charge on any atom is 0.222 e. The first-order valence-electron chi connectivity index (χ1n) is 5.24. The normalized spacial score (nSPS) is 20.1. The van der Waals surface area contributed by atoms with E-state index in [0.29, 0.717) is 24.8 Å². The van der Waals surface area contributed by atoms with Crippen molar-refractivity contribution in [3.63, 3.8) is 0 Å². The lowest BCUT2D eigenvalue weighted by Gasteiger charge is -2.15. The lowest BCUT2D eigenvalue weighted by atomic mass is 10.1. The van der Waals surface area contributed by atoms with Crippen LogP contribution in [0.25, 0.3) is 0 Å². The molecule has 1 atom stereocenters. The van der Waals surface area contributed by atoms with Crippen molar-refractivity contribution in [3.05, 3.63) is 0 Å². The third-order valence-electron chi connectivity index (χ3n) is 2.71. The number of carbonyl (C=O) groups excluding carboxylic acids is 1. The Morgan fingerprint density at radius 2 is 2.33 bits per heavy atom. The van der Waals surface area contributed by atoms with Gasteiger partial charge < -0.3 is 10.6 Å². The van der Waals surface area contributed by atoms with E-state index in [-0.39, 0.29) is 12.4 Å². The summed E-state index contributed by atoms with van der Waals surface area (Å²) >= 11 is 1.80. The van der Waals surface area contributed by atoms with E-state index < -0.39 is 0 Å². The topological polar surface area (TPSA) is 46.3 Å². The Morgan fingerprint density at radius 3 is 2.87 bits per heavy atom. The lowest BCUT2D eigenvalue weighted by molar-refractivity contribution is -0.130. The number of thioether (sulfide) groups is 1. The minimum Gasteiger partial charge on any atom is -0.342 e. The first-order valence-corrected chi connectivity index (χ1v) is 6.64. The monoisotopic (exact) mass is 252 g/mol. The molecule has 0 aromatic rings. The zero-order chi connectivity index (χ0) is 10.4. The number of likely N-dealkylation sites (tertiary alicyclic amines) is 1. The second kappa shape index (κ2) is 8.25. The number of hydrogen-bond donors (Lipinski definition) is 1. The molecule has 1 aliphatic heterocycles. The summed E-state index contributed by atoms with van der Waals surface area (Å²) in [7, 11) is 0. The molecule has 1 aliphatic rings. The zero-order valence-electron chi connectivity index (χ0n) is 9.28. The third-order valence-corrected chi connectivity index (χ3v) is 3.41. The summed E-state index contributed by atoms with van der Waals surface area (Å²) in [6.07, 6.45) is 4.87. The zero-order valence-corrected chi connectivity index (χ0v) is 10.9. The molecule has 5 heteroatoms. The maximum atomic E-state index is 11.7. The highest BCUT2D eigenvalue weighted by Gasteiger charge is 2.24. The summed E-state index contributed by atoms with van der Waals surface area (Å²) in [5.74, 6) is 1.94. The van der Waals surface area contributed by atoms with Crippen LogP contribution in [0.5, 0.6) is 0 Å². The van der Waals surface area contributed by atoms with Gasteiger partial charge in [-0.25, -0.2) is 0 Å². The molecule has 1 amide bonds. The third kappa shape index (κ3) is 5.09. The average molecular weight is 253 g/mol. The molecule has 1 unspecified atom stereocenters. The molecular formula is C10H21ClN2OS. The maximum absolute atomic E-state index is 11.7. The second-order valence-electron chi connectivity index (χ2n) is 3.83. The molecule has 1 saturated heterocycles. The number of halogens is 1. The number of nitrogens with zero attached hydrogens (tertiary/aromatic N) is 1. The number of nitrogens with two attached hydrogens (primary N) is 1. The first-order chi connectivity index (χ1) is 6.77. The summed E-state index contributed by atoms with van der Waals surface area (Å²) in [5.41, 5.74) is 5.58. The largest absolute Gasteiger partial charge is 0.342 e. The quantitative estimate of drug-likeness (QED) is 0.752. The van der Waals surface area contributed by atoms with Crippen molar-refractivity contribution in [1.29, 1.82) is 0 Å². The molecule has 1 rings (SSSR count). The molecule has 0 aromatic heterocycles. The van der Waals surface area contributed by atoms with Crippen molar-refractivity contribution in [2.45, 2.75) is 19.3 Å². The molecule has 2 N–H and O–H groups in total. The minimum atomic E-state index is 0. The Kier molecular flexibility index (Phi) is 8.29. The van der Waals surface area contributed by atoms with E-state index in [4.69, 9.17) is 5.73 Å². The van der Waals surface area contributed by atoms with E-state index in [1.165, 1.54) is 0 Å². The van der Waals surface area contributed by atoms with E-state index in [1.807, 2.05) is 4.90 Å². The summed E-state index contributed by atoms with van der Waals surface area (Å²) in [6, 6.07) is 0. The first kappa shape index (κ1) is 15.1. The minimum absolute atomic E-state index is 0. The van der Waals surface area contributed by atoms with Crippen molar-refractivity contribution in [3.8, 4) is 0 Å². The Morgan fingerprint density at radius 1 is 1.60 bits per heavy atom. The molecular weight excluding hydrogens is 232 g/mol. The number of hydrogen-bond acceptors (Lipinski definition) is 3. The van der Waals surface area contributed by atoms with Gasteiger partial charge in [0.15, 0.2) is 0 Å². The van der Waals surface area contributed by atoms with E-state index in [2.05, 4.69) is 6.26 Å². The Balaban J connectivity index is 0.00000196. The van der Waals surface area contributed by atoms with Crippen molar-refractivity contribution in [1.82, 2.24) is 4.90 Å². The lowest BCUT2D eigenvalue weighted by Crippen LogP contribution is -2.29. The Bertz CT molecular complexity index is 192. The van der Waals surface area contributed by atoms with Gasteiger partial charge in [0.2, 0.25) is 5.91 Å². The molecule has 1 fully saturated rings. The predicted molar refractivity (Wildman–Crippen MR) is 68.6 cm³/mol. The molecule has 3 nitrogen and oxygen atoms in total. The molecule has 15 heavy (non-hydrogen) atoms. The SMILES string of the molecule is CSCCCC(=O)N1CCC(CN)C1.Cl. The van der Waals surface area contributed by atoms with Gasteiger partial charge in [-0.05, 0) is 37.3 Å². The summed E-state index contributed by atoms with van der Waals surface area (Å²) in [4.78, 5) is 13.6. The van der Waals surface area contributed by atoms with Crippen LogP contribution in [0.3, 0.4) is 0 Å². The van der Waals surface area contributed by atoms with Crippen LogP contribution in [0.2, 0.25) is 0 Å². The molecule has 0 aliphatic carbocycles. The molecule has 0 aromatic carbocycles. The summed E-state index contributed by atoms with van der Waals surface area (Å²) in [5, 5.41) is 0. The molecule has 0 spiro atoms. The van der Waals surface area contributed by atoms with Gasteiger partial charge in [0.1, 0.15) is 0 Å². The van der Waals surface area contributed by atoms with E-state index in [1.54, 1.807) is 11.8 Å². The molecule has 1 heterocycles. The summed E-state index contributed by atoms with van der Waals surface area (Å²) in [6.45, 7) is 2.52. The van der Waals surface area contributed by atoms with E-state index in [0.717, 1.165) is 31.7 Å². The number of amides is 1. The van der Waals surface area contributed by atoms with Crippen LogP contribution in [-0.4, -0.2) is 42.4 Å². The van der Waals surface area contributed by atoms with Gasteiger partial charge in [-0.1, -0.05) is 0 Å². The summed E-state index contributed by atoms with van der Waals surface area (Å²) < 4.78 is 0. The van der Waals surface area contributed by atoms with Gasteiger partial charge in [-0.3, -0.25) is 4.79 Å². The van der Waals surface area contributed by atoms with E-state index >= 15 is 0 Å². The van der Waals surface area contributed by atoms with Crippen LogP contribution in [0.15, 0.2) is 0 Å². The number of carbonyl (C=O) groups is 1. The van der Waals surface area contributed by atoms with E-state index in [9.17, 15) is 4.79 Å². The van der Waals surface area contributed by atoms with Crippen LogP contribution in [0.1, 0.15) is 19.3 Å². The van der Waals surface area contributed by atoms with Gasteiger partial charge in [0.25, 0.3) is 0 Å². The van der Waals surface area contributed by atoms with Gasteiger partial charge in [-0.2, -0.15) is 11.8 Å². The predicted octanol–water partition coefficient (Wildman–Crippen LogP) is 1.36. The molecule has 0 radical (unpaired) electrons. The highest BCUT2D eigenvalue weighted by atomic mass is 35.5. The van der Waals surface area contributed by atoms with Crippen LogP contribution in [-0.2, 0) is 4.79 Å². The van der Waals surface area contributed by atoms with Crippen LogP contribution in [0.4, 0.5) is 0 Å². The van der Waals surface area contributed by atoms with Gasteiger partial charge in [0, 0.05) is 19.5 Å². The Hall–Kier alpha value is 0.0700. The van der Waals surface area contributed by atoms with Crippen LogP contribution >= 0.6 is 24.2 Å². The van der Waals surface area contributed by atoms with Crippen LogP contribution in [0, 0.1) is 5.92 Å². The Labute approximate surface area is 103 Å². The fraction of sp³-hybridized carbons (Fsp3) is 0.900. The van der Waals surface area contributed by atoms with Crippen molar-refractivity contribution < 1.29 is 4.79 Å². The highest BCUT2D eigenvalue weighted by Crippen LogP contribution is 2.16. The van der Waals surface area contributed by atoms with Crippen LogP contribution < -0.4 is 5.73 Å². The fourth-order valence-corrected chi connectivity index (χ4v) is 2.21. The molecule has 90 valence electrons. The van der Waals surface area contributed by atoms with Crippen molar-refractivity contribution >= 4 is 30.1 Å². The average Bonchev–Trinajstić information content (AvgIpc) is 2.66. The van der Waals surface area contributed by atoms with Gasteiger partial charge in [0.05, 0.1) is 0 Å². The fourth-order valence-electron chi connectivity index (χ4n) is 1.78. The second-order valence-corrected chi connectivity index (χ2v) is 4.81. The standard InChI is InChI=1S/C10H20N2OS.ClH/c1-14-6-2-3-10(13)12-5-4-9(7-11)8-12;/h9H,2-8,11H2,1H3;1H. The van der Waals surface area contributed by atoms with Gasteiger partial charge in [-0.15, -0.1) is 12.4 Å². The van der Waals surface area contributed by atoms with Crippen molar-refractivity contribution in [2.75, 3.05) is 31.6 Å². The number of rotatable bonds is 5. The highest BCUT2D eigenvalue weighted by molar-refractivity contribution is 7.98. The smallest absolute Gasteiger partial charge is 0.222 e.